The highest BCUT2D eigenvalue weighted by atomic mass is 16.5. The van der Waals surface area contributed by atoms with Crippen LogP contribution in [0.25, 0.3) is 10.8 Å². The number of nitrogens with one attached hydrogen (secondary N) is 1. The molecule has 0 saturated heterocycles. The van der Waals surface area contributed by atoms with Gasteiger partial charge in [-0.3, -0.25) is 0 Å². The van der Waals surface area contributed by atoms with E-state index in [0.29, 0.717) is 18.8 Å². The molecule has 19 heavy (non-hydrogen) atoms. The van der Waals surface area contributed by atoms with Crippen LogP contribution in [-0.4, -0.2) is 10.3 Å². The zero-order valence-corrected chi connectivity index (χ0v) is 10.3. The molecule has 0 fully saturated rings. The average molecular weight is 254 g/mol. The molecule has 0 aliphatic carbocycles. The maximum absolute atomic E-state index is 9.99. The maximum atomic E-state index is 9.99. The summed E-state index contributed by atoms with van der Waals surface area (Å²) in [6.07, 6.45) is 1.55. The molecule has 1 aromatic heterocycles. The van der Waals surface area contributed by atoms with Crippen LogP contribution in [0.1, 0.15) is 11.3 Å². The fourth-order valence-corrected chi connectivity index (χ4v) is 2.15. The van der Waals surface area contributed by atoms with E-state index in [2.05, 4.69) is 10.5 Å². The number of phenols is 1. The van der Waals surface area contributed by atoms with Crippen molar-refractivity contribution in [1.29, 1.82) is 0 Å². The van der Waals surface area contributed by atoms with Gasteiger partial charge in [0.2, 0.25) is 0 Å². The van der Waals surface area contributed by atoms with Crippen molar-refractivity contribution in [3.8, 4) is 5.75 Å². The molecule has 0 spiro atoms. The molecule has 1 heterocycles. The Morgan fingerprint density at radius 2 is 1.95 bits per heavy atom. The summed E-state index contributed by atoms with van der Waals surface area (Å²) in [6.45, 7) is 1.19. The van der Waals surface area contributed by atoms with Crippen LogP contribution in [0.5, 0.6) is 5.75 Å². The van der Waals surface area contributed by atoms with E-state index in [1.165, 1.54) is 0 Å². The minimum atomic E-state index is 0.311. The van der Waals surface area contributed by atoms with Gasteiger partial charge < -0.3 is 14.9 Å². The molecule has 96 valence electrons. The zero-order valence-electron chi connectivity index (χ0n) is 10.3. The SMILES string of the molecule is Oc1ccc2ccccc2c1CNCc1ccon1. The van der Waals surface area contributed by atoms with E-state index in [9.17, 15) is 5.11 Å². The van der Waals surface area contributed by atoms with E-state index < -0.39 is 0 Å². The summed E-state index contributed by atoms with van der Waals surface area (Å²) in [5, 5.41) is 19.3. The second kappa shape index (κ2) is 5.12. The molecule has 2 N–H and O–H groups in total. The highest BCUT2D eigenvalue weighted by Crippen LogP contribution is 2.26. The number of benzene rings is 2. The average Bonchev–Trinajstić information content (AvgIpc) is 2.94. The van der Waals surface area contributed by atoms with Gasteiger partial charge in [-0.05, 0) is 16.8 Å². The van der Waals surface area contributed by atoms with Crippen molar-refractivity contribution in [3.63, 3.8) is 0 Å². The largest absolute Gasteiger partial charge is 0.508 e. The topological polar surface area (TPSA) is 58.3 Å². The summed E-state index contributed by atoms with van der Waals surface area (Å²) < 4.78 is 4.77. The minimum absolute atomic E-state index is 0.311. The van der Waals surface area contributed by atoms with Gasteiger partial charge in [-0.25, -0.2) is 0 Å². The summed E-state index contributed by atoms with van der Waals surface area (Å²) in [5.41, 5.74) is 1.75. The van der Waals surface area contributed by atoms with Crippen LogP contribution in [0.3, 0.4) is 0 Å². The van der Waals surface area contributed by atoms with Gasteiger partial charge in [0.05, 0.1) is 5.69 Å². The summed E-state index contributed by atoms with van der Waals surface area (Å²) in [7, 11) is 0. The molecule has 3 aromatic rings. The standard InChI is InChI=1S/C15H14N2O2/c18-15-6-5-11-3-1-2-4-13(11)14(15)10-16-9-12-7-8-19-17-12/h1-8,16,18H,9-10H2. The van der Waals surface area contributed by atoms with E-state index in [0.717, 1.165) is 22.0 Å². The van der Waals surface area contributed by atoms with Gasteiger partial charge >= 0.3 is 0 Å². The van der Waals surface area contributed by atoms with Gasteiger partial charge in [-0.2, -0.15) is 0 Å². The lowest BCUT2D eigenvalue weighted by Crippen LogP contribution is -2.13. The molecule has 3 rings (SSSR count). The fourth-order valence-electron chi connectivity index (χ4n) is 2.15. The number of rotatable bonds is 4. The molecule has 0 saturated carbocycles. The third-order valence-corrected chi connectivity index (χ3v) is 3.12. The third-order valence-electron chi connectivity index (χ3n) is 3.12. The summed E-state index contributed by atoms with van der Waals surface area (Å²) in [6, 6.07) is 13.5. The molecule has 4 heteroatoms. The molecule has 0 radical (unpaired) electrons. The monoisotopic (exact) mass is 254 g/mol. The number of hydrogen-bond donors (Lipinski definition) is 2. The summed E-state index contributed by atoms with van der Waals surface area (Å²) in [5.74, 6) is 0.311. The molecule has 0 amide bonds. The predicted octanol–water partition coefficient (Wildman–Crippen LogP) is 2.82. The first kappa shape index (κ1) is 11.7. The normalized spacial score (nSPS) is 10.9. The lowest BCUT2D eigenvalue weighted by atomic mass is 10.0. The van der Waals surface area contributed by atoms with E-state index in [-0.39, 0.29) is 0 Å². The van der Waals surface area contributed by atoms with Crippen molar-refractivity contribution in [3.05, 3.63) is 60.0 Å². The molecule has 2 aromatic carbocycles. The van der Waals surface area contributed by atoms with Gasteiger partial charge in [-0.15, -0.1) is 0 Å². The van der Waals surface area contributed by atoms with Crippen LogP contribution in [0, 0.1) is 0 Å². The number of nitrogens with zero attached hydrogens (tertiary/aromatic N) is 1. The first-order valence-corrected chi connectivity index (χ1v) is 6.14. The van der Waals surface area contributed by atoms with Crippen molar-refractivity contribution in [2.45, 2.75) is 13.1 Å². The van der Waals surface area contributed by atoms with Crippen molar-refractivity contribution >= 4 is 10.8 Å². The number of fused-ring (bicyclic) bond motifs is 1. The van der Waals surface area contributed by atoms with Gasteiger partial charge in [-0.1, -0.05) is 35.5 Å². The van der Waals surface area contributed by atoms with Crippen molar-refractivity contribution in [1.82, 2.24) is 10.5 Å². The number of aromatic nitrogens is 1. The van der Waals surface area contributed by atoms with Crippen LogP contribution >= 0.6 is 0 Å². The van der Waals surface area contributed by atoms with E-state index in [4.69, 9.17) is 4.52 Å². The Morgan fingerprint density at radius 3 is 2.79 bits per heavy atom. The van der Waals surface area contributed by atoms with Crippen LogP contribution in [0.15, 0.2) is 53.3 Å². The molecule has 4 nitrogen and oxygen atoms in total. The van der Waals surface area contributed by atoms with Gasteiger partial charge in [0.1, 0.15) is 12.0 Å². The Morgan fingerprint density at radius 1 is 1.05 bits per heavy atom. The Bertz CT molecular complexity index is 678. The molecular weight excluding hydrogens is 240 g/mol. The highest BCUT2D eigenvalue weighted by Gasteiger charge is 2.06. The van der Waals surface area contributed by atoms with Crippen molar-refractivity contribution in [2.75, 3.05) is 0 Å². The minimum Gasteiger partial charge on any atom is -0.508 e. The quantitative estimate of drug-likeness (QED) is 0.751. The van der Waals surface area contributed by atoms with Crippen LogP contribution in [0.4, 0.5) is 0 Å². The zero-order chi connectivity index (χ0) is 13.1. The molecule has 0 aliphatic heterocycles. The molecule has 0 bridgehead atoms. The number of aromatic hydroxyl groups is 1. The van der Waals surface area contributed by atoms with Crippen LogP contribution < -0.4 is 5.32 Å². The maximum Gasteiger partial charge on any atom is 0.124 e. The van der Waals surface area contributed by atoms with Gasteiger partial charge in [0.25, 0.3) is 0 Å². The van der Waals surface area contributed by atoms with Crippen molar-refractivity contribution in [2.24, 2.45) is 0 Å². The Labute approximate surface area is 110 Å². The summed E-state index contributed by atoms with van der Waals surface area (Å²) >= 11 is 0. The van der Waals surface area contributed by atoms with Gasteiger partial charge in [0, 0.05) is 24.7 Å². The third kappa shape index (κ3) is 2.44. The lowest BCUT2D eigenvalue weighted by molar-refractivity contribution is 0.408. The first-order valence-electron chi connectivity index (χ1n) is 6.14. The fraction of sp³-hybridized carbons (Fsp3) is 0.133. The van der Waals surface area contributed by atoms with Gasteiger partial charge in [0.15, 0.2) is 0 Å². The molecule has 0 aliphatic rings. The second-order valence-electron chi connectivity index (χ2n) is 4.38. The van der Waals surface area contributed by atoms with E-state index >= 15 is 0 Å². The van der Waals surface area contributed by atoms with Crippen molar-refractivity contribution < 1.29 is 9.63 Å². The molecule has 0 atom stereocenters. The molecule has 0 unspecified atom stereocenters. The predicted molar refractivity (Wildman–Crippen MR) is 72.7 cm³/mol. The number of phenolic OH excluding ortho intramolecular Hbond substituents is 1. The van der Waals surface area contributed by atoms with E-state index in [1.807, 2.05) is 36.4 Å². The lowest BCUT2D eigenvalue weighted by Gasteiger charge is -2.09. The Hall–Kier alpha value is -2.33. The summed E-state index contributed by atoms with van der Waals surface area (Å²) in [4.78, 5) is 0. The Balaban J connectivity index is 1.81. The van der Waals surface area contributed by atoms with E-state index in [1.54, 1.807) is 12.3 Å². The Kier molecular flexibility index (Phi) is 3.16. The molecular formula is C15H14N2O2. The smallest absolute Gasteiger partial charge is 0.124 e. The van der Waals surface area contributed by atoms with Crippen LogP contribution in [0.2, 0.25) is 0 Å². The first-order chi connectivity index (χ1) is 9.34. The van der Waals surface area contributed by atoms with Crippen LogP contribution in [-0.2, 0) is 13.1 Å². The second-order valence-corrected chi connectivity index (χ2v) is 4.38. The number of hydrogen-bond acceptors (Lipinski definition) is 4. The highest BCUT2D eigenvalue weighted by molar-refractivity contribution is 5.87.